The number of anilines is 2. The Morgan fingerprint density at radius 3 is 2.49 bits per heavy atom. The Labute approximate surface area is 253 Å². The van der Waals surface area contributed by atoms with Crippen LogP contribution >= 0.6 is 11.3 Å². The highest BCUT2D eigenvalue weighted by Gasteiger charge is 2.57. The van der Waals surface area contributed by atoms with Crippen molar-refractivity contribution in [2.75, 3.05) is 17.7 Å². The SMILES string of the molecule is CC(C)[C@H](NC(=O)OC(C)(C)C)C(=O)OC[C@H]1O[C@@H](n2c(=O)sc3c(NC4CCCC4)nc(N)nc32)[C@@H]2OC(C)(C)O[C@@H]21. The number of amides is 1. The van der Waals surface area contributed by atoms with Crippen LogP contribution in [0.4, 0.5) is 16.6 Å². The summed E-state index contributed by atoms with van der Waals surface area (Å²) in [5, 5.41) is 6.03. The molecular formula is C28H42N6O8S. The van der Waals surface area contributed by atoms with Gasteiger partial charge in [-0.15, -0.1) is 0 Å². The lowest BCUT2D eigenvalue weighted by Crippen LogP contribution is -2.48. The quantitative estimate of drug-likeness (QED) is 0.367. The van der Waals surface area contributed by atoms with E-state index in [2.05, 4.69) is 20.6 Å². The van der Waals surface area contributed by atoms with E-state index in [4.69, 9.17) is 29.4 Å². The number of nitrogens with zero attached hydrogens (tertiary/aromatic N) is 3. The van der Waals surface area contributed by atoms with Crippen molar-refractivity contribution in [3.05, 3.63) is 9.67 Å². The summed E-state index contributed by atoms with van der Waals surface area (Å²) in [6.07, 6.45) is 0.528. The number of carbonyl (C=O) groups is 2. The molecule has 2 aromatic rings. The largest absolute Gasteiger partial charge is 0.461 e. The first-order valence-electron chi connectivity index (χ1n) is 14.7. The molecule has 4 heterocycles. The Balaban J connectivity index is 1.37. The number of esters is 1. The van der Waals surface area contributed by atoms with Gasteiger partial charge in [0.15, 0.2) is 23.5 Å². The van der Waals surface area contributed by atoms with E-state index in [0.717, 1.165) is 37.0 Å². The summed E-state index contributed by atoms with van der Waals surface area (Å²) < 4.78 is 31.6. The van der Waals surface area contributed by atoms with Gasteiger partial charge in [-0.1, -0.05) is 38.0 Å². The molecule has 0 unspecified atom stereocenters. The molecule has 3 aliphatic rings. The first kappa shape index (κ1) is 31.4. The van der Waals surface area contributed by atoms with Crippen LogP contribution in [0.5, 0.6) is 0 Å². The average Bonchev–Trinajstić information content (AvgIpc) is 3.64. The maximum Gasteiger partial charge on any atom is 0.408 e. The Morgan fingerprint density at radius 2 is 1.84 bits per heavy atom. The lowest BCUT2D eigenvalue weighted by atomic mass is 10.1. The van der Waals surface area contributed by atoms with E-state index in [9.17, 15) is 14.4 Å². The predicted octanol–water partition coefficient (Wildman–Crippen LogP) is 3.30. The minimum Gasteiger partial charge on any atom is -0.461 e. The van der Waals surface area contributed by atoms with Crippen LogP contribution in [0.3, 0.4) is 0 Å². The highest BCUT2D eigenvalue weighted by Crippen LogP contribution is 2.44. The molecule has 1 saturated carbocycles. The zero-order valence-corrected chi connectivity index (χ0v) is 26.5. The smallest absolute Gasteiger partial charge is 0.408 e. The summed E-state index contributed by atoms with van der Waals surface area (Å²) in [6, 6.07) is -0.699. The summed E-state index contributed by atoms with van der Waals surface area (Å²) in [6.45, 7) is 12.1. The second-order valence-electron chi connectivity index (χ2n) is 13.1. The van der Waals surface area contributed by atoms with Gasteiger partial charge in [0.25, 0.3) is 0 Å². The van der Waals surface area contributed by atoms with Crippen molar-refractivity contribution < 1.29 is 33.3 Å². The Bertz CT molecular complexity index is 1410. The zero-order chi connectivity index (χ0) is 31.3. The van der Waals surface area contributed by atoms with Crippen LogP contribution in [0.1, 0.15) is 80.4 Å². The maximum atomic E-state index is 13.4. The number of nitrogen functional groups attached to an aromatic ring is 1. The van der Waals surface area contributed by atoms with Crippen molar-refractivity contribution in [2.45, 2.75) is 122 Å². The summed E-state index contributed by atoms with van der Waals surface area (Å²) in [5.41, 5.74) is 5.70. The van der Waals surface area contributed by atoms with Gasteiger partial charge < -0.3 is 40.1 Å². The van der Waals surface area contributed by atoms with Crippen molar-refractivity contribution in [3.63, 3.8) is 0 Å². The third-order valence-corrected chi connectivity index (χ3v) is 8.49. The van der Waals surface area contributed by atoms with Crippen LogP contribution in [0, 0.1) is 5.92 Å². The normalized spacial score (nSPS) is 26.0. The molecule has 15 heteroatoms. The van der Waals surface area contributed by atoms with E-state index < -0.39 is 54.0 Å². The highest BCUT2D eigenvalue weighted by molar-refractivity contribution is 7.17. The van der Waals surface area contributed by atoms with Crippen molar-refractivity contribution in [1.29, 1.82) is 0 Å². The number of ether oxygens (including phenoxy) is 5. The minimum atomic E-state index is -0.975. The van der Waals surface area contributed by atoms with Crippen molar-refractivity contribution in [3.8, 4) is 0 Å². The molecular weight excluding hydrogens is 580 g/mol. The summed E-state index contributed by atoms with van der Waals surface area (Å²) in [5.74, 6) is -1.35. The molecule has 0 bridgehead atoms. The van der Waals surface area contributed by atoms with Crippen LogP contribution in [0.2, 0.25) is 0 Å². The van der Waals surface area contributed by atoms with E-state index in [1.807, 2.05) is 0 Å². The van der Waals surface area contributed by atoms with Crippen LogP contribution < -0.4 is 21.2 Å². The Hall–Kier alpha value is -3.01. The van der Waals surface area contributed by atoms with Gasteiger partial charge in [0.1, 0.15) is 41.3 Å². The molecule has 3 fully saturated rings. The predicted molar refractivity (Wildman–Crippen MR) is 159 cm³/mol. The fourth-order valence-electron chi connectivity index (χ4n) is 5.71. The van der Waals surface area contributed by atoms with Gasteiger partial charge in [0, 0.05) is 6.04 Å². The van der Waals surface area contributed by atoms with Crippen LogP contribution in [-0.2, 0) is 28.5 Å². The molecule has 2 saturated heterocycles. The first-order valence-corrected chi connectivity index (χ1v) is 15.6. The van der Waals surface area contributed by atoms with E-state index >= 15 is 0 Å². The molecule has 0 aromatic carbocycles. The van der Waals surface area contributed by atoms with Gasteiger partial charge in [-0.2, -0.15) is 9.97 Å². The van der Waals surface area contributed by atoms with Gasteiger partial charge in [0.05, 0.1) is 0 Å². The van der Waals surface area contributed by atoms with Gasteiger partial charge in [-0.05, 0) is 53.4 Å². The number of fused-ring (bicyclic) bond motifs is 2. The van der Waals surface area contributed by atoms with E-state index in [-0.39, 0.29) is 29.4 Å². The van der Waals surface area contributed by atoms with Gasteiger partial charge in [0.2, 0.25) is 5.95 Å². The number of hydrogen-bond donors (Lipinski definition) is 3. The van der Waals surface area contributed by atoms with E-state index in [0.29, 0.717) is 16.2 Å². The molecule has 5 atom stereocenters. The summed E-state index contributed by atoms with van der Waals surface area (Å²) >= 11 is 1.00. The highest BCUT2D eigenvalue weighted by atomic mass is 32.1. The zero-order valence-electron chi connectivity index (χ0n) is 25.7. The second-order valence-corrected chi connectivity index (χ2v) is 14.0. The summed E-state index contributed by atoms with van der Waals surface area (Å²) in [7, 11) is 0. The van der Waals surface area contributed by atoms with Crippen LogP contribution in [0.15, 0.2) is 4.79 Å². The third kappa shape index (κ3) is 6.89. The number of rotatable bonds is 8. The van der Waals surface area contributed by atoms with E-state index in [1.54, 1.807) is 48.5 Å². The van der Waals surface area contributed by atoms with Gasteiger partial charge in [-0.3, -0.25) is 9.36 Å². The Kier molecular flexibility index (Phi) is 8.64. The molecule has 1 amide bonds. The molecule has 2 aliphatic heterocycles. The number of thiazole rings is 1. The number of nitrogens with two attached hydrogens (primary N) is 1. The lowest BCUT2D eigenvalue weighted by molar-refractivity contribution is -0.202. The Morgan fingerprint density at radius 1 is 1.16 bits per heavy atom. The number of carbonyl (C=O) groups excluding carboxylic acids is 2. The fraction of sp³-hybridized carbons (Fsp3) is 0.750. The van der Waals surface area contributed by atoms with Crippen molar-refractivity contribution >= 4 is 45.5 Å². The molecule has 43 heavy (non-hydrogen) atoms. The number of hydrogen-bond acceptors (Lipinski definition) is 13. The number of alkyl carbamates (subject to hydrolysis) is 1. The molecule has 1 aliphatic carbocycles. The monoisotopic (exact) mass is 622 g/mol. The molecule has 4 N–H and O–H groups in total. The maximum absolute atomic E-state index is 13.4. The average molecular weight is 623 g/mol. The molecule has 2 aromatic heterocycles. The molecule has 14 nitrogen and oxygen atoms in total. The van der Waals surface area contributed by atoms with Crippen LogP contribution in [0.25, 0.3) is 10.3 Å². The third-order valence-electron chi connectivity index (χ3n) is 7.54. The van der Waals surface area contributed by atoms with E-state index in [1.165, 1.54) is 4.57 Å². The first-order chi connectivity index (χ1) is 20.1. The molecule has 5 rings (SSSR count). The molecule has 0 radical (unpaired) electrons. The number of nitrogens with one attached hydrogen (secondary N) is 2. The van der Waals surface area contributed by atoms with Crippen molar-refractivity contribution in [1.82, 2.24) is 19.9 Å². The topological polar surface area (TPSA) is 178 Å². The lowest BCUT2D eigenvalue weighted by Gasteiger charge is -2.26. The fourth-order valence-corrected chi connectivity index (χ4v) is 6.61. The van der Waals surface area contributed by atoms with Gasteiger partial charge >= 0.3 is 16.9 Å². The molecule has 0 spiro atoms. The van der Waals surface area contributed by atoms with Crippen molar-refractivity contribution in [2.24, 2.45) is 5.92 Å². The standard InChI is InChI=1S/C28H42N6O8S/c1-13(2)16(31-25(36)42-27(3,4)5)23(35)38-12-15-17-18(41-28(6,7)40-17)22(39-15)34-21-19(43-26(34)37)20(32-24(29)33-21)30-14-10-8-9-11-14/h13-18,22H,8-12H2,1-7H3,(H,31,36)(H3,29,30,32,33)/t15-,16+,17-,18-,22-/m1/s1. The summed E-state index contributed by atoms with van der Waals surface area (Å²) in [4.78, 5) is 47.4. The minimum absolute atomic E-state index is 0.0284. The number of aromatic nitrogens is 3. The second kappa shape index (κ2) is 11.8. The molecule has 238 valence electrons. The van der Waals surface area contributed by atoms with Crippen LogP contribution in [-0.4, -0.2) is 75.0 Å². The van der Waals surface area contributed by atoms with Gasteiger partial charge in [-0.25, -0.2) is 9.59 Å².